The second-order valence-corrected chi connectivity index (χ2v) is 6.02. The molecule has 3 aromatic rings. The minimum absolute atomic E-state index is 0.128. The number of hydrogen-bond acceptors (Lipinski definition) is 5. The first-order chi connectivity index (χ1) is 12.1. The second kappa shape index (κ2) is 4.56. The van der Waals surface area contributed by atoms with Gasteiger partial charge in [0.15, 0.2) is 11.6 Å². The molecule has 1 unspecified atom stereocenters. The van der Waals surface area contributed by atoms with Crippen molar-refractivity contribution in [1.82, 2.24) is 14.8 Å². The van der Waals surface area contributed by atoms with Gasteiger partial charge in [-0.25, -0.2) is 14.5 Å². The Morgan fingerprint density at radius 3 is 2.84 bits per heavy atom. The van der Waals surface area contributed by atoms with Crippen LogP contribution in [0.4, 0.5) is 5.69 Å². The van der Waals surface area contributed by atoms with E-state index >= 15 is 0 Å². The predicted octanol–water partition coefficient (Wildman–Crippen LogP) is 2.08. The SMILES string of the molecule is O=C1CCC2(C(=O)O)N1c1ccccc1-c1nc(-c3ccco3)nn12. The molecule has 2 aromatic heterocycles. The van der Waals surface area contributed by atoms with Crippen LogP contribution in [0.3, 0.4) is 0 Å². The van der Waals surface area contributed by atoms with Crippen LogP contribution in [0.2, 0.25) is 0 Å². The third-order valence-corrected chi connectivity index (χ3v) is 4.73. The van der Waals surface area contributed by atoms with Crippen LogP contribution in [0.5, 0.6) is 0 Å². The van der Waals surface area contributed by atoms with E-state index in [1.807, 2.05) is 6.07 Å². The summed E-state index contributed by atoms with van der Waals surface area (Å²) in [5.41, 5.74) is -0.392. The Bertz CT molecular complexity index is 1020. The molecule has 5 rings (SSSR count). The summed E-state index contributed by atoms with van der Waals surface area (Å²) in [5, 5.41) is 14.4. The van der Waals surface area contributed by atoms with Crippen LogP contribution < -0.4 is 4.90 Å². The number of nitrogens with zero attached hydrogens (tertiary/aromatic N) is 4. The van der Waals surface area contributed by atoms with E-state index in [2.05, 4.69) is 10.1 Å². The lowest BCUT2D eigenvalue weighted by atomic mass is 10.0. The number of anilines is 1. The van der Waals surface area contributed by atoms with E-state index in [0.717, 1.165) is 0 Å². The van der Waals surface area contributed by atoms with Crippen LogP contribution in [0.25, 0.3) is 23.0 Å². The van der Waals surface area contributed by atoms with Gasteiger partial charge in [-0.2, -0.15) is 0 Å². The fraction of sp³-hybridized carbons (Fsp3) is 0.176. The largest absolute Gasteiger partial charge is 0.478 e. The molecule has 0 aliphatic carbocycles. The number of benzene rings is 1. The summed E-state index contributed by atoms with van der Waals surface area (Å²) in [6, 6.07) is 10.6. The Hall–Kier alpha value is -3.42. The molecule has 0 radical (unpaired) electrons. The summed E-state index contributed by atoms with van der Waals surface area (Å²) in [5.74, 6) is -0.233. The van der Waals surface area contributed by atoms with Crippen molar-refractivity contribution >= 4 is 17.6 Å². The van der Waals surface area contributed by atoms with Crippen molar-refractivity contribution in [2.45, 2.75) is 18.5 Å². The standard InChI is InChI=1S/C17H12N4O4/c22-13-7-8-17(16(23)24)20(13)11-5-2-1-4-10(11)15-18-14(19-21(15)17)12-6-3-9-25-12/h1-6,9H,7-8H2,(H,23,24). The van der Waals surface area contributed by atoms with Crippen LogP contribution in [0.1, 0.15) is 12.8 Å². The van der Waals surface area contributed by atoms with Gasteiger partial charge >= 0.3 is 5.97 Å². The summed E-state index contributed by atoms with van der Waals surface area (Å²) in [4.78, 5) is 30.6. The molecule has 1 fully saturated rings. The molecule has 25 heavy (non-hydrogen) atoms. The first-order valence-electron chi connectivity index (χ1n) is 7.80. The van der Waals surface area contributed by atoms with Crippen LogP contribution in [-0.2, 0) is 15.3 Å². The van der Waals surface area contributed by atoms with Gasteiger partial charge in [-0.05, 0) is 24.3 Å². The lowest BCUT2D eigenvalue weighted by Crippen LogP contribution is -2.56. The molecule has 1 saturated heterocycles. The molecule has 8 heteroatoms. The van der Waals surface area contributed by atoms with Crippen molar-refractivity contribution in [2.24, 2.45) is 0 Å². The summed E-state index contributed by atoms with van der Waals surface area (Å²) in [6.45, 7) is 0. The smallest absolute Gasteiger partial charge is 0.353 e. The van der Waals surface area contributed by atoms with Gasteiger partial charge in [0, 0.05) is 18.4 Å². The molecule has 1 atom stereocenters. The highest BCUT2D eigenvalue weighted by atomic mass is 16.4. The van der Waals surface area contributed by atoms with Crippen molar-refractivity contribution in [3.63, 3.8) is 0 Å². The van der Waals surface area contributed by atoms with Crippen molar-refractivity contribution in [3.8, 4) is 23.0 Å². The minimum Gasteiger partial charge on any atom is -0.478 e. The lowest BCUT2D eigenvalue weighted by Gasteiger charge is -2.39. The maximum absolute atomic E-state index is 12.5. The van der Waals surface area contributed by atoms with Crippen LogP contribution in [0.15, 0.2) is 47.1 Å². The normalized spacial score (nSPS) is 21.0. The Morgan fingerprint density at radius 1 is 1.24 bits per heavy atom. The van der Waals surface area contributed by atoms with Crippen molar-refractivity contribution < 1.29 is 19.1 Å². The molecule has 4 heterocycles. The molecule has 2 aliphatic rings. The maximum Gasteiger partial charge on any atom is 0.353 e. The fourth-order valence-electron chi connectivity index (χ4n) is 3.65. The number of furan rings is 1. The highest BCUT2D eigenvalue weighted by molar-refractivity contribution is 6.07. The van der Waals surface area contributed by atoms with Gasteiger partial charge in [-0.15, -0.1) is 5.10 Å². The van der Waals surface area contributed by atoms with E-state index in [4.69, 9.17) is 4.42 Å². The minimum atomic E-state index is -1.60. The second-order valence-electron chi connectivity index (χ2n) is 6.02. The topological polar surface area (TPSA) is 101 Å². The molecule has 1 amide bonds. The van der Waals surface area contributed by atoms with E-state index in [9.17, 15) is 14.7 Å². The molecule has 2 aliphatic heterocycles. The molecule has 0 spiro atoms. The van der Waals surface area contributed by atoms with Crippen LogP contribution >= 0.6 is 0 Å². The van der Waals surface area contributed by atoms with Crippen molar-refractivity contribution in [3.05, 3.63) is 42.7 Å². The number of fused-ring (bicyclic) bond motifs is 6. The maximum atomic E-state index is 12.5. The molecular formula is C17H12N4O4. The zero-order chi connectivity index (χ0) is 17.2. The van der Waals surface area contributed by atoms with Crippen molar-refractivity contribution in [2.75, 3.05) is 4.90 Å². The molecule has 0 bridgehead atoms. The number of carbonyl (C=O) groups excluding carboxylic acids is 1. The van der Waals surface area contributed by atoms with Gasteiger partial charge in [-0.3, -0.25) is 9.69 Å². The number of hydrogen-bond donors (Lipinski definition) is 1. The summed E-state index contributed by atoms with van der Waals surface area (Å²) >= 11 is 0. The monoisotopic (exact) mass is 336 g/mol. The van der Waals surface area contributed by atoms with Gasteiger partial charge in [0.2, 0.25) is 17.4 Å². The first-order valence-corrected chi connectivity index (χ1v) is 7.80. The quantitative estimate of drug-likeness (QED) is 0.769. The molecule has 1 N–H and O–H groups in total. The van der Waals surface area contributed by atoms with Gasteiger partial charge in [0.25, 0.3) is 0 Å². The van der Waals surface area contributed by atoms with Crippen LogP contribution in [0, 0.1) is 0 Å². The molecule has 8 nitrogen and oxygen atoms in total. The molecule has 124 valence electrons. The lowest BCUT2D eigenvalue weighted by molar-refractivity contribution is -0.148. The third kappa shape index (κ3) is 1.60. The Morgan fingerprint density at radius 2 is 2.08 bits per heavy atom. The first kappa shape index (κ1) is 14.0. The van der Waals surface area contributed by atoms with Gasteiger partial charge in [0.05, 0.1) is 12.0 Å². The highest BCUT2D eigenvalue weighted by Gasteiger charge is 2.58. The zero-order valence-electron chi connectivity index (χ0n) is 12.9. The third-order valence-electron chi connectivity index (χ3n) is 4.73. The Labute approximate surface area is 141 Å². The number of carboxylic acids is 1. The Kier molecular flexibility index (Phi) is 2.55. The highest BCUT2D eigenvalue weighted by Crippen LogP contribution is 2.48. The predicted molar refractivity (Wildman–Crippen MR) is 85.5 cm³/mol. The average molecular weight is 336 g/mol. The van der Waals surface area contributed by atoms with E-state index < -0.39 is 11.6 Å². The Balaban J connectivity index is 1.86. The van der Waals surface area contributed by atoms with E-state index in [1.54, 1.807) is 30.3 Å². The number of aromatic nitrogens is 3. The average Bonchev–Trinajstić information content (AvgIpc) is 3.33. The van der Waals surface area contributed by atoms with Crippen LogP contribution in [-0.4, -0.2) is 31.7 Å². The fourth-order valence-corrected chi connectivity index (χ4v) is 3.65. The van der Waals surface area contributed by atoms with Gasteiger partial charge < -0.3 is 9.52 Å². The summed E-state index contributed by atoms with van der Waals surface area (Å²) in [7, 11) is 0. The molecule has 0 saturated carbocycles. The van der Waals surface area contributed by atoms with Gasteiger partial charge in [0.1, 0.15) is 0 Å². The number of para-hydroxylation sites is 1. The molecular weight excluding hydrogens is 324 g/mol. The van der Waals surface area contributed by atoms with Gasteiger partial charge in [-0.1, -0.05) is 12.1 Å². The summed E-state index contributed by atoms with van der Waals surface area (Å²) < 4.78 is 6.69. The number of carboxylic acid groups (broad SMARTS) is 1. The number of rotatable bonds is 2. The molecule has 1 aromatic carbocycles. The summed E-state index contributed by atoms with van der Waals surface area (Å²) in [6.07, 6.45) is 1.77. The number of carbonyl (C=O) groups is 2. The number of amides is 1. The number of aliphatic carboxylic acids is 1. The van der Waals surface area contributed by atoms with E-state index in [-0.39, 0.29) is 24.6 Å². The van der Waals surface area contributed by atoms with E-state index in [0.29, 0.717) is 22.8 Å². The van der Waals surface area contributed by atoms with E-state index in [1.165, 1.54) is 15.8 Å². The van der Waals surface area contributed by atoms with Crippen molar-refractivity contribution in [1.29, 1.82) is 0 Å². The zero-order valence-corrected chi connectivity index (χ0v) is 12.9.